The Morgan fingerprint density at radius 2 is 1.50 bits per heavy atom. The highest BCUT2D eigenvalue weighted by molar-refractivity contribution is 5.80. The van der Waals surface area contributed by atoms with Crippen LogP contribution in [0.2, 0.25) is 0 Å². The molecule has 1 atom stereocenters. The third kappa shape index (κ3) is 2.84. The number of amidine groups is 1. The summed E-state index contributed by atoms with van der Waals surface area (Å²) < 4.78 is 0. The fraction of sp³-hybridized carbons (Fsp3) is 0.900. The second-order valence-electron chi connectivity index (χ2n) is 4.14. The van der Waals surface area contributed by atoms with Gasteiger partial charge in [0.15, 0.2) is 0 Å². The summed E-state index contributed by atoms with van der Waals surface area (Å²) in [6.45, 7) is 10.7. The van der Waals surface area contributed by atoms with Gasteiger partial charge in [-0.2, -0.15) is 0 Å². The van der Waals surface area contributed by atoms with Gasteiger partial charge in [0.05, 0.1) is 5.84 Å². The van der Waals surface area contributed by atoms with E-state index in [1.807, 2.05) is 7.05 Å². The second-order valence-corrected chi connectivity index (χ2v) is 4.14. The Balaban J connectivity index is 4.19. The van der Waals surface area contributed by atoms with E-state index >= 15 is 0 Å². The van der Waals surface area contributed by atoms with Crippen molar-refractivity contribution in [3.05, 3.63) is 0 Å². The van der Waals surface area contributed by atoms with Gasteiger partial charge < -0.3 is 4.90 Å². The SMILES string of the molecule is CC(C)C(=N)N(C)C(C)C(C)C. The van der Waals surface area contributed by atoms with Gasteiger partial charge in [0.25, 0.3) is 0 Å². The maximum atomic E-state index is 7.80. The highest BCUT2D eigenvalue weighted by atomic mass is 15.2. The molecule has 0 aliphatic heterocycles. The van der Waals surface area contributed by atoms with Crippen molar-refractivity contribution < 1.29 is 0 Å². The summed E-state index contributed by atoms with van der Waals surface area (Å²) in [5.74, 6) is 1.67. The van der Waals surface area contributed by atoms with Gasteiger partial charge in [0, 0.05) is 19.0 Å². The van der Waals surface area contributed by atoms with E-state index in [1.165, 1.54) is 0 Å². The van der Waals surface area contributed by atoms with Crippen LogP contribution in [-0.4, -0.2) is 23.8 Å². The van der Waals surface area contributed by atoms with Crippen LogP contribution in [0.25, 0.3) is 0 Å². The molecule has 0 radical (unpaired) electrons. The molecule has 72 valence electrons. The van der Waals surface area contributed by atoms with Crippen LogP contribution in [0.3, 0.4) is 0 Å². The van der Waals surface area contributed by atoms with Crippen molar-refractivity contribution in [2.24, 2.45) is 11.8 Å². The van der Waals surface area contributed by atoms with E-state index in [0.29, 0.717) is 17.9 Å². The van der Waals surface area contributed by atoms with Gasteiger partial charge in [-0.3, -0.25) is 5.41 Å². The molecule has 12 heavy (non-hydrogen) atoms. The molecule has 0 aromatic heterocycles. The number of hydrogen-bond donors (Lipinski definition) is 1. The minimum absolute atomic E-state index is 0.330. The molecule has 1 N–H and O–H groups in total. The largest absolute Gasteiger partial charge is 0.360 e. The molecule has 0 aliphatic rings. The van der Waals surface area contributed by atoms with Gasteiger partial charge in [-0.05, 0) is 12.8 Å². The quantitative estimate of drug-likeness (QED) is 0.511. The molecule has 0 rings (SSSR count). The average Bonchev–Trinajstić information content (AvgIpc) is 2.00. The molecule has 0 fully saturated rings. The Kier molecular flexibility index (Phi) is 4.29. The van der Waals surface area contributed by atoms with Crippen LogP contribution in [-0.2, 0) is 0 Å². The Bertz CT molecular complexity index is 150. The summed E-state index contributed by atoms with van der Waals surface area (Å²) >= 11 is 0. The number of nitrogens with one attached hydrogen (secondary N) is 1. The Hall–Kier alpha value is -0.530. The Morgan fingerprint density at radius 1 is 1.08 bits per heavy atom. The van der Waals surface area contributed by atoms with Crippen molar-refractivity contribution in [1.82, 2.24) is 4.90 Å². The van der Waals surface area contributed by atoms with E-state index in [4.69, 9.17) is 5.41 Å². The first-order valence-electron chi connectivity index (χ1n) is 4.69. The molecule has 2 nitrogen and oxygen atoms in total. The van der Waals surface area contributed by atoms with Crippen LogP contribution in [0.15, 0.2) is 0 Å². The number of rotatable bonds is 3. The lowest BCUT2D eigenvalue weighted by molar-refractivity contribution is 0.297. The molecule has 0 aliphatic carbocycles. The molecule has 0 saturated heterocycles. The topological polar surface area (TPSA) is 27.1 Å². The number of hydrogen-bond acceptors (Lipinski definition) is 1. The summed E-state index contributed by atoms with van der Waals surface area (Å²) in [6.07, 6.45) is 0. The number of nitrogens with zero attached hydrogens (tertiary/aromatic N) is 1. The molecule has 2 heteroatoms. The third-order valence-corrected chi connectivity index (χ3v) is 2.50. The summed E-state index contributed by atoms with van der Waals surface area (Å²) in [5.41, 5.74) is 0. The van der Waals surface area contributed by atoms with Gasteiger partial charge in [-0.25, -0.2) is 0 Å². The van der Waals surface area contributed by atoms with E-state index in [1.54, 1.807) is 0 Å². The molecule has 0 heterocycles. The smallest absolute Gasteiger partial charge is 0.0983 e. The van der Waals surface area contributed by atoms with Crippen molar-refractivity contribution in [3.8, 4) is 0 Å². The first-order chi connectivity index (χ1) is 5.37. The van der Waals surface area contributed by atoms with E-state index in [2.05, 4.69) is 39.5 Å². The zero-order valence-corrected chi connectivity index (χ0v) is 9.18. The third-order valence-electron chi connectivity index (χ3n) is 2.50. The lowest BCUT2D eigenvalue weighted by atomic mass is 10.0. The molecule has 0 spiro atoms. The normalized spacial score (nSPS) is 13.7. The van der Waals surface area contributed by atoms with Gasteiger partial charge in [0.2, 0.25) is 0 Å². The molecule has 0 aromatic carbocycles. The van der Waals surface area contributed by atoms with E-state index < -0.39 is 0 Å². The molecule has 1 unspecified atom stereocenters. The maximum Gasteiger partial charge on any atom is 0.0983 e. The maximum absolute atomic E-state index is 7.80. The fourth-order valence-electron chi connectivity index (χ4n) is 1.07. The van der Waals surface area contributed by atoms with Crippen molar-refractivity contribution in [1.29, 1.82) is 5.41 Å². The summed E-state index contributed by atoms with van der Waals surface area (Å²) in [4.78, 5) is 2.06. The van der Waals surface area contributed by atoms with Gasteiger partial charge in [-0.15, -0.1) is 0 Å². The zero-order valence-electron chi connectivity index (χ0n) is 9.18. The minimum Gasteiger partial charge on any atom is -0.360 e. The van der Waals surface area contributed by atoms with Gasteiger partial charge in [0.1, 0.15) is 0 Å². The van der Waals surface area contributed by atoms with Crippen LogP contribution < -0.4 is 0 Å². The highest BCUT2D eigenvalue weighted by Gasteiger charge is 2.17. The molecule has 0 bridgehead atoms. The molecule has 0 saturated carbocycles. The lowest BCUT2D eigenvalue weighted by Crippen LogP contribution is -2.40. The Labute approximate surface area is 76.5 Å². The van der Waals surface area contributed by atoms with Crippen LogP contribution in [0.4, 0.5) is 0 Å². The molecular weight excluding hydrogens is 148 g/mol. The van der Waals surface area contributed by atoms with Gasteiger partial charge >= 0.3 is 0 Å². The van der Waals surface area contributed by atoms with Crippen molar-refractivity contribution >= 4 is 5.84 Å². The zero-order chi connectivity index (χ0) is 9.89. The van der Waals surface area contributed by atoms with Crippen molar-refractivity contribution in [2.45, 2.75) is 40.7 Å². The average molecular weight is 170 g/mol. The Morgan fingerprint density at radius 3 is 1.75 bits per heavy atom. The molecule has 0 amide bonds. The first kappa shape index (κ1) is 11.5. The van der Waals surface area contributed by atoms with Crippen molar-refractivity contribution in [3.63, 3.8) is 0 Å². The summed E-state index contributed by atoms with van der Waals surface area (Å²) in [7, 11) is 2.01. The fourth-order valence-corrected chi connectivity index (χ4v) is 1.07. The van der Waals surface area contributed by atoms with Crippen molar-refractivity contribution in [2.75, 3.05) is 7.05 Å². The van der Waals surface area contributed by atoms with E-state index in [-0.39, 0.29) is 0 Å². The highest BCUT2D eigenvalue weighted by Crippen LogP contribution is 2.11. The van der Waals surface area contributed by atoms with E-state index in [9.17, 15) is 0 Å². The van der Waals surface area contributed by atoms with Crippen LogP contribution in [0, 0.1) is 17.2 Å². The predicted octanol–water partition coefficient (Wildman–Crippen LogP) is 2.60. The summed E-state index contributed by atoms with van der Waals surface area (Å²) in [5, 5.41) is 7.80. The molecular formula is C10H22N2. The first-order valence-corrected chi connectivity index (χ1v) is 4.69. The standard InChI is InChI=1S/C10H22N2/c1-7(2)9(5)12(6)10(11)8(3)4/h7-9,11H,1-6H3. The van der Waals surface area contributed by atoms with E-state index in [0.717, 1.165) is 5.84 Å². The molecule has 0 aromatic rings. The second kappa shape index (κ2) is 4.48. The monoisotopic (exact) mass is 170 g/mol. The van der Waals surface area contributed by atoms with Crippen LogP contribution >= 0.6 is 0 Å². The predicted molar refractivity (Wildman–Crippen MR) is 54.6 cm³/mol. The summed E-state index contributed by atoms with van der Waals surface area (Å²) in [6, 6.07) is 0.458. The minimum atomic E-state index is 0.330. The lowest BCUT2D eigenvalue weighted by Gasteiger charge is -2.31. The van der Waals surface area contributed by atoms with Crippen LogP contribution in [0.5, 0.6) is 0 Å². The van der Waals surface area contributed by atoms with Gasteiger partial charge in [-0.1, -0.05) is 27.7 Å². The van der Waals surface area contributed by atoms with Crippen LogP contribution in [0.1, 0.15) is 34.6 Å².